The third-order valence-corrected chi connectivity index (χ3v) is 1.84. The molecule has 0 amide bonds. The normalized spacial score (nSPS) is 17.2. The van der Waals surface area contributed by atoms with Gasteiger partial charge in [-0.2, -0.15) is 0 Å². The number of allylic oxidation sites excluding steroid dienone is 1. The van der Waals surface area contributed by atoms with Gasteiger partial charge in [0.05, 0.1) is 6.61 Å². The van der Waals surface area contributed by atoms with Crippen LogP contribution >= 0.6 is 0 Å². The van der Waals surface area contributed by atoms with Gasteiger partial charge in [-0.15, -0.1) is 0 Å². The van der Waals surface area contributed by atoms with E-state index in [1.165, 1.54) is 0 Å². The average Bonchev–Trinajstić information content (AvgIpc) is 2.37. The number of carbonyl (C=O) groups excluding carboxylic acids is 1. The van der Waals surface area contributed by atoms with Crippen molar-refractivity contribution in [2.45, 2.75) is 26.2 Å². The first-order chi connectivity index (χ1) is 5.34. The quantitative estimate of drug-likeness (QED) is 0.576. The summed E-state index contributed by atoms with van der Waals surface area (Å²) in [5.41, 5.74) is 0.971. The van der Waals surface area contributed by atoms with Crippen LogP contribution in [0, 0.1) is 0 Å². The van der Waals surface area contributed by atoms with E-state index in [1.807, 2.05) is 13.0 Å². The van der Waals surface area contributed by atoms with Gasteiger partial charge in [0.1, 0.15) is 0 Å². The molecule has 62 valence electrons. The highest BCUT2D eigenvalue weighted by Crippen LogP contribution is 2.16. The molecule has 0 unspecified atom stereocenters. The first-order valence-electron chi connectivity index (χ1n) is 4.14. The average molecular weight is 154 g/mol. The topological polar surface area (TPSA) is 26.3 Å². The van der Waals surface area contributed by atoms with E-state index < -0.39 is 0 Å². The van der Waals surface area contributed by atoms with Crippen LogP contribution in [0.4, 0.5) is 0 Å². The second-order valence-electron chi connectivity index (χ2n) is 2.64. The number of carbonyl (C=O) groups is 1. The minimum absolute atomic E-state index is 0.310. The van der Waals surface area contributed by atoms with Crippen molar-refractivity contribution in [1.29, 1.82) is 0 Å². The first kappa shape index (κ1) is 8.47. The van der Waals surface area contributed by atoms with Crippen molar-refractivity contribution in [3.8, 4) is 0 Å². The van der Waals surface area contributed by atoms with E-state index in [4.69, 9.17) is 4.74 Å². The molecule has 1 rings (SSSR count). The molecule has 0 aliphatic heterocycles. The molecule has 0 spiro atoms. The van der Waals surface area contributed by atoms with Crippen LogP contribution in [-0.2, 0) is 9.53 Å². The summed E-state index contributed by atoms with van der Waals surface area (Å²) in [5.74, 6) is 0.310. The number of ether oxygens (including phenoxy) is 1. The predicted molar refractivity (Wildman–Crippen MR) is 43.4 cm³/mol. The summed E-state index contributed by atoms with van der Waals surface area (Å²) >= 11 is 0. The molecular formula is C9H14O2. The Morgan fingerprint density at radius 3 is 3.00 bits per heavy atom. The SMILES string of the molecule is CCOCCC1=CCCC1=O. The lowest BCUT2D eigenvalue weighted by molar-refractivity contribution is -0.115. The van der Waals surface area contributed by atoms with Gasteiger partial charge in [-0.25, -0.2) is 0 Å². The summed E-state index contributed by atoms with van der Waals surface area (Å²) in [7, 11) is 0. The Hall–Kier alpha value is -0.630. The molecule has 0 aromatic rings. The smallest absolute Gasteiger partial charge is 0.158 e. The maximum atomic E-state index is 11.0. The van der Waals surface area contributed by atoms with Gasteiger partial charge in [-0.05, 0) is 25.3 Å². The van der Waals surface area contributed by atoms with Gasteiger partial charge in [0.2, 0.25) is 0 Å². The van der Waals surface area contributed by atoms with Crippen molar-refractivity contribution in [3.05, 3.63) is 11.6 Å². The zero-order chi connectivity index (χ0) is 8.10. The minimum atomic E-state index is 0.310. The summed E-state index contributed by atoms with van der Waals surface area (Å²) in [6, 6.07) is 0. The van der Waals surface area contributed by atoms with E-state index in [1.54, 1.807) is 0 Å². The van der Waals surface area contributed by atoms with Gasteiger partial charge in [0.15, 0.2) is 5.78 Å². The highest BCUT2D eigenvalue weighted by molar-refractivity contribution is 5.97. The highest BCUT2D eigenvalue weighted by Gasteiger charge is 2.13. The predicted octanol–water partition coefficient (Wildman–Crippen LogP) is 1.70. The molecule has 1 aliphatic carbocycles. The van der Waals surface area contributed by atoms with Gasteiger partial charge < -0.3 is 4.74 Å². The van der Waals surface area contributed by atoms with E-state index in [0.717, 1.165) is 25.0 Å². The molecule has 1 aliphatic rings. The van der Waals surface area contributed by atoms with Gasteiger partial charge in [-0.1, -0.05) is 6.08 Å². The van der Waals surface area contributed by atoms with Crippen molar-refractivity contribution in [2.75, 3.05) is 13.2 Å². The molecule has 0 saturated heterocycles. The molecule has 0 N–H and O–H groups in total. The Kier molecular flexibility index (Phi) is 3.30. The second-order valence-corrected chi connectivity index (χ2v) is 2.64. The lowest BCUT2D eigenvalue weighted by Crippen LogP contribution is -2.00. The third kappa shape index (κ3) is 2.46. The molecule has 2 nitrogen and oxygen atoms in total. The van der Waals surface area contributed by atoms with Gasteiger partial charge in [-0.3, -0.25) is 4.79 Å². The van der Waals surface area contributed by atoms with E-state index in [0.29, 0.717) is 18.8 Å². The monoisotopic (exact) mass is 154 g/mol. The highest BCUT2D eigenvalue weighted by atomic mass is 16.5. The summed E-state index contributed by atoms with van der Waals surface area (Å²) in [6.07, 6.45) is 4.47. The molecule has 0 radical (unpaired) electrons. The van der Waals surface area contributed by atoms with Crippen molar-refractivity contribution >= 4 is 5.78 Å². The second kappa shape index (κ2) is 4.29. The van der Waals surface area contributed by atoms with Gasteiger partial charge in [0.25, 0.3) is 0 Å². The number of ketones is 1. The Bertz CT molecular complexity index is 170. The molecule has 0 fully saturated rings. The number of hydrogen-bond acceptors (Lipinski definition) is 2. The minimum Gasteiger partial charge on any atom is -0.381 e. The van der Waals surface area contributed by atoms with E-state index in [2.05, 4.69) is 0 Å². The van der Waals surface area contributed by atoms with Crippen LogP contribution in [0.25, 0.3) is 0 Å². The fourth-order valence-corrected chi connectivity index (χ4v) is 1.22. The lowest BCUT2D eigenvalue weighted by atomic mass is 10.1. The molecule has 0 aromatic carbocycles. The molecule has 0 atom stereocenters. The van der Waals surface area contributed by atoms with E-state index >= 15 is 0 Å². The Morgan fingerprint density at radius 1 is 1.64 bits per heavy atom. The largest absolute Gasteiger partial charge is 0.381 e. The molecular weight excluding hydrogens is 140 g/mol. The molecule has 11 heavy (non-hydrogen) atoms. The first-order valence-corrected chi connectivity index (χ1v) is 4.14. The summed E-state index contributed by atoms with van der Waals surface area (Å²) in [4.78, 5) is 11.0. The van der Waals surface area contributed by atoms with E-state index in [9.17, 15) is 4.79 Å². The Labute approximate surface area is 67.2 Å². The maximum Gasteiger partial charge on any atom is 0.158 e. The molecule has 0 saturated carbocycles. The van der Waals surface area contributed by atoms with Crippen LogP contribution in [0.2, 0.25) is 0 Å². The van der Waals surface area contributed by atoms with Crippen molar-refractivity contribution in [3.63, 3.8) is 0 Å². The summed E-state index contributed by atoms with van der Waals surface area (Å²) < 4.78 is 5.15. The van der Waals surface area contributed by atoms with Crippen LogP contribution < -0.4 is 0 Å². The Morgan fingerprint density at radius 2 is 2.45 bits per heavy atom. The zero-order valence-corrected chi connectivity index (χ0v) is 6.93. The fraction of sp³-hybridized carbons (Fsp3) is 0.667. The molecule has 0 aromatic heterocycles. The van der Waals surface area contributed by atoms with Gasteiger partial charge in [0, 0.05) is 13.0 Å². The zero-order valence-electron chi connectivity index (χ0n) is 6.93. The number of Topliss-reactive ketones (excluding diaryl/α,β-unsaturated/α-hetero) is 1. The van der Waals surface area contributed by atoms with Crippen LogP contribution in [0.1, 0.15) is 26.2 Å². The third-order valence-electron chi connectivity index (χ3n) is 1.84. The fourth-order valence-electron chi connectivity index (χ4n) is 1.22. The van der Waals surface area contributed by atoms with Crippen LogP contribution in [0.5, 0.6) is 0 Å². The van der Waals surface area contributed by atoms with Crippen molar-refractivity contribution in [1.82, 2.24) is 0 Å². The maximum absolute atomic E-state index is 11.0. The van der Waals surface area contributed by atoms with E-state index in [-0.39, 0.29) is 0 Å². The van der Waals surface area contributed by atoms with Crippen LogP contribution in [0.15, 0.2) is 11.6 Å². The standard InChI is InChI=1S/C9H14O2/c1-2-11-7-6-8-4-3-5-9(8)10/h4H,2-3,5-7H2,1H3. The van der Waals surface area contributed by atoms with Crippen LogP contribution in [-0.4, -0.2) is 19.0 Å². The summed E-state index contributed by atoms with van der Waals surface area (Å²) in [6.45, 7) is 3.39. The van der Waals surface area contributed by atoms with Crippen LogP contribution in [0.3, 0.4) is 0 Å². The van der Waals surface area contributed by atoms with Gasteiger partial charge >= 0.3 is 0 Å². The lowest BCUT2D eigenvalue weighted by Gasteiger charge is -2.00. The molecule has 2 heteroatoms. The Balaban J connectivity index is 2.20. The number of rotatable bonds is 4. The molecule has 0 heterocycles. The summed E-state index contributed by atoms with van der Waals surface area (Å²) in [5, 5.41) is 0. The molecule has 0 bridgehead atoms. The van der Waals surface area contributed by atoms with Crippen molar-refractivity contribution in [2.24, 2.45) is 0 Å². The van der Waals surface area contributed by atoms with Crippen molar-refractivity contribution < 1.29 is 9.53 Å². The number of hydrogen-bond donors (Lipinski definition) is 0.